The average Bonchev–Trinajstić information content (AvgIpc) is 3.30. The minimum absolute atomic E-state index is 0.0342. The van der Waals surface area contributed by atoms with Crippen molar-refractivity contribution in [1.82, 2.24) is 24.0 Å². The standard InChI is InChI=1S/C28H33F3N6O4S/c1-42(40,41)36-13-9-25-22(17-36)26(19-5-6-23(28(29,30)31)21(14-19)27(32)39)34-37(25)16-20(38)15-35-11-7-18(8-12-35)24-4-2-3-10-33-24/h2-6,10,14,18,20,38H,7-9,11-13,15-17H2,1H3,(H2,32,39). The Bertz CT molecular complexity index is 1550. The number of nitrogens with two attached hydrogens (primary N) is 1. The minimum atomic E-state index is -4.79. The molecule has 1 amide bonds. The van der Waals surface area contributed by atoms with Gasteiger partial charge >= 0.3 is 6.18 Å². The molecule has 14 heteroatoms. The lowest BCUT2D eigenvalue weighted by molar-refractivity contribution is -0.137. The van der Waals surface area contributed by atoms with Crippen molar-refractivity contribution in [3.05, 3.63) is 70.7 Å². The van der Waals surface area contributed by atoms with Crippen LogP contribution in [-0.2, 0) is 35.7 Å². The van der Waals surface area contributed by atoms with Crippen molar-refractivity contribution < 1.29 is 31.5 Å². The van der Waals surface area contributed by atoms with Crippen molar-refractivity contribution in [2.45, 2.75) is 50.6 Å². The summed E-state index contributed by atoms with van der Waals surface area (Å²) in [7, 11) is -3.56. The molecule has 0 bridgehead atoms. The number of sulfonamides is 1. The highest BCUT2D eigenvalue weighted by Gasteiger charge is 2.36. The van der Waals surface area contributed by atoms with Gasteiger partial charge < -0.3 is 15.7 Å². The zero-order valence-corrected chi connectivity index (χ0v) is 23.9. The van der Waals surface area contributed by atoms with Crippen LogP contribution in [0.5, 0.6) is 0 Å². The molecule has 0 radical (unpaired) electrons. The number of amides is 1. The van der Waals surface area contributed by atoms with Gasteiger partial charge in [0, 0.05) is 60.7 Å². The van der Waals surface area contributed by atoms with Crippen LogP contribution >= 0.6 is 0 Å². The molecule has 10 nitrogen and oxygen atoms in total. The number of carbonyl (C=O) groups is 1. The van der Waals surface area contributed by atoms with E-state index in [1.54, 1.807) is 10.9 Å². The SMILES string of the molecule is CS(=O)(=O)N1CCc2c(c(-c3ccc(C(F)(F)F)c(C(N)=O)c3)nn2CC(O)CN2CCC(c3ccccn3)CC2)C1. The summed E-state index contributed by atoms with van der Waals surface area (Å²) in [5.74, 6) is -0.871. The second kappa shape index (κ2) is 11.7. The predicted molar refractivity (Wildman–Crippen MR) is 149 cm³/mol. The highest BCUT2D eigenvalue weighted by Crippen LogP contribution is 2.37. The molecular formula is C28H33F3N6O4S. The van der Waals surface area contributed by atoms with Crippen molar-refractivity contribution in [3.63, 3.8) is 0 Å². The summed E-state index contributed by atoms with van der Waals surface area (Å²) in [5.41, 5.74) is 6.15. The van der Waals surface area contributed by atoms with Crippen LogP contribution in [0, 0.1) is 0 Å². The number of halogens is 3. The topological polar surface area (TPSA) is 135 Å². The number of β-amino-alcohol motifs (C(OH)–C–C–N with tert-alkyl or cyclic N) is 1. The molecule has 0 saturated carbocycles. The molecule has 2 aliphatic rings. The number of nitrogens with zero attached hydrogens (tertiary/aromatic N) is 5. The molecule has 0 aliphatic carbocycles. The lowest BCUT2D eigenvalue weighted by Crippen LogP contribution is -2.40. The summed E-state index contributed by atoms with van der Waals surface area (Å²) in [4.78, 5) is 18.6. The number of likely N-dealkylation sites (tertiary alicyclic amines) is 1. The second-order valence-electron chi connectivity index (χ2n) is 10.9. The van der Waals surface area contributed by atoms with E-state index in [1.807, 2.05) is 18.2 Å². The van der Waals surface area contributed by atoms with Crippen molar-refractivity contribution >= 4 is 15.9 Å². The number of pyridine rings is 1. The molecule has 2 aromatic heterocycles. The predicted octanol–water partition coefficient (Wildman–Crippen LogP) is 2.62. The van der Waals surface area contributed by atoms with E-state index < -0.39 is 39.3 Å². The van der Waals surface area contributed by atoms with E-state index >= 15 is 0 Å². The normalized spacial score (nSPS) is 18.1. The Balaban J connectivity index is 1.39. The highest BCUT2D eigenvalue weighted by atomic mass is 32.2. The summed E-state index contributed by atoms with van der Waals surface area (Å²) in [6.45, 7) is 2.28. The largest absolute Gasteiger partial charge is 0.417 e. The number of benzene rings is 1. The van der Waals surface area contributed by atoms with Gasteiger partial charge in [0.1, 0.15) is 0 Å². The number of aliphatic hydroxyl groups excluding tert-OH is 1. The summed E-state index contributed by atoms with van der Waals surface area (Å²) in [6.07, 6.45) is -0.558. The number of primary amides is 1. The van der Waals surface area contributed by atoms with Crippen LogP contribution in [0.25, 0.3) is 11.3 Å². The van der Waals surface area contributed by atoms with Crippen LogP contribution in [0.4, 0.5) is 13.2 Å². The Morgan fingerprint density at radius 2 is 1.88 bits per heavy atom. The zero-order chi connectivity index (χ0) is 30.2. The molecule has 0 spiro atoms. The van der Waals surface area contributed by atoms with Gasteiger partial charge in [-0.1, -0.05) is 12.1 Å². The molecular weight excluding hydrogens is 573 g/mol. The van der Waals surface area contributed by atoms with Crippen LogP contribution in [-0.4, -0.2) is 81.9 Å². The monoisotopic (exact) mass is 606 g/mol. The number of hydrogen-bond donors (Lipinski definition) is 2. The number of fused-ring (bicyclic) bond motifs is 1. The van der Waals surface area contributed by atoms with Crippen molar-refractivity contribution in [2.24, 2.45) is 5.73 Å². The molecule has 2 aliphatic heterocycles. The van der Waals surface area contributed by atoms with Gasteiger partial charge in [-0.3, -0.25) is 14.5 Å². The zero-order valence-electron chi connectivity index (χ0n) is 23.1. The van der Waals surface area contributed by atoms with E-state index in [0.717, 1.165) is 50.0 Å². The fourth-order valence-corrected chi connectivity index (χ4v) is 6.65. The molecule has 226 valence electrons. The van der Waals surface area contributed by atoms with E-state index in [4.69, 9.17) is 5.73 Å². The first kappa shape index (κ1) is 30.1. The number of aromatic nitrogens is 3. The van der Waals surface area contributed by atoms with E-state index in [1.165, 1.54) is 10.4 Å². The van der Waals surface area contributed by atoms with Gasteiger partial charge in [-0.25, -0.2) is 8.42 Å². The summed E-state index contributed by atoms with van der Waals surface area (Å²) in [6, 6.07) is 8.92. The lowest BCUT2D eigenvalue weighted by atomic mass is 9.93. The van der Waals surface area contributed by atoms with Crippen molar-refractivity contribution in [3.8, 4) is 11.3 Å². The number of piperidine rings is 1. The third kappa shape index (κ3) is 6.51. The Labute approximate surface area is 242 Å². The maximum atomic E-state index is 13.5. The summed E-state index contributed by atoms with van der Waals surface area (Å²) < 4.78 is 68.1. The van der Waals surface area contributed by atoms with Gasteiger partial charge in [-0.05, 0) is 50.2 Å². The Kier molecular flexibility index (Phi) is 8.43. The van der Waals surface area contributed by atoms with E-state index in [-0.39, 0.29) is 30.9 Å². The van der Waals surface area contributed by atoms with Crippen molar-refractivity contribution in [2.75, 3.05) is 32.4 Å². The van der Waals surface area contributed by atoms with E-state index in [0.29, 0.717) is 30.1 Å². The molecule has 1 atom stereocenters. The Morgan fingerprint density at radius 3 is 2.50 bits per heavy atom. The summed E-state index contributed by atoms with van der Waals surface area (Å²) in [5, 5.41) is 15.7. The molecule has 1 aromatic carbocycles. The minimum Gasteiger partial charge on any atom is -0.390 e. The van der Waals surface area contributed by atoms with Crippen LogP contribution in [0.1, 0.15) is 51.6 Å². The molecule has 1 fully saturated rings. The number of carbonyl (C=O) groups excluding carboxylic acids is 1. The fraction of sp³-hybridized carbons (Fsp3) is 0.464. The van der Waals surface area contributed by atoms with Crippen LogP contribution in [0.2, 0.25) is 0 Å². The first-order chi connectivity index (χ1) is 19.8. The van der Waals surface area contributed by atoms with Crippen LogP contribution in [0.15, 0.2) is 42.6 Å². The van der Waals surface area contributed by atoms with Crippen LogP contribution in [0.3, 0.4) is 0 Å². The Hall–Kier alpha value is -3.33. The number of alkyl halides is 3. The molecule has 3 aromatic rings. The quantitative estimate of drug-likeness (QED) is 0.403. The average molecular weight is 607 g/mol. The van der Waals surface area contributed by atoms with Gasteiger partial charge in [-0.2, -0.15) is 22.6 Å². The molecule has 42 heavy (non-hydrogen) atoms. The van der Waals surface area contributed by atoms with Crippen molar-refractivity contribution in [1.29, 1.82) is 0 Å². The van der Waals surface area contributed by atoms with Gasteiger partial charge in [-0.15, -0.1) is 0 Å². The number of aliphatic hydroxyl groups is 1. The highest BCUT2D eigenvalue weighted by molar-refractivity contribution is 7.88. The molecule has 1 unspecified atom stereocenters. The van der Waals surface area contributed by atoms with Gasteiger partial charge in [0.15, 0.2) is 0 Å². The fourth-order valence-electron chi connectivity index (χ4n) is 5.86. The van der Waals surface area contributed by atoms with E-state index in [9.17, 15) is 31.5 Å². The molecule has 4 heterocycles. The van der Waals surface area contributed by atoms with Gasteiger partial charge in [0.05, 0.1) is 35.7 Å². The molecule has 1 saturated heterocycles. The third-order valence-electron chi connectivity index (χ3n) is 7.98. The lowest BCUT2D eigenvalue weighted by Gasteiger charge is -2.33. The number of hydrogen-bond acceptors (Lipinski definition) is 7. The molecule has 5 rings (SSSR count). The van der Waals surface area contributed by atoms with Gasteiger partial charge in [0.2, 0.25) is 15.9 Å². The first-order valence-corrected chi connectivity index (χ1v) is 15.5. The smallest absolute Gasteiger partial charge is 0.390 e. The molecule has 3 N–H and O–H groups in total. The number of rotatable bonds is 8. The summed E-state index contributed by atoms with van der Waals surface area (Å²) >= 11 is 0. The third-order valence-corrected chi connectivity index (χ3v) is 9.23. The Morgan fingerprint density at radius 1 is 1.14 bits per heavy atom. The maximum absolute atomic E-state index is 13.5. The van der Waals surface area contributed by atoms with Gasteiger partial charge in [0.25, 0.3) is 0 Å². The maximum Gasteiger partial charge on any atom is 0.417 e. The van der Waals surface area contributed by atoms with Crippen LogP contribution < -0.4 is 5.73 Å². The second-order valence-corrected chi connectivity index (χ2v) is 12.9. The van der Waals surface area contributed by atoms with E-state index in [2.05, 4.69) is 15.0 Å². The first-order valence-electron chi connectivity index (χ1n) is 13.7.